The first-order valence-corrected chi connectivity index (χ1v) is 8.19. The summed E-state index contributed by atoms with van der Waals surface area (Å²) in [7, 11) is 0. The average molecular weight is 467 g/mol. The van der Waals surface area contributed by atoms with Crippen LogP contribution >= 0.6 is 0 Å². The van der Waals surface area contributed by atoms with Gasteiger partial charge in [-0.2, -0.15) is 52.4 Å². The molecule has 0 saturated heterocycles. The molecule has 0 rings (SSSR count). The van der Waals surface area contributed by atoms with Gasteiger partial charge in [-0.1, -0.05) is 55.4 Å². The summed E-state index contributed by atoms with van der Waals surface area (Å²) in [6, 6.07) is 0. The molecule has 0 amide bonds. The number of hydrogen-bond donors (Lipinski definition) is 0. The molecule has 0 saturated carbocycles. The van der Waals surface area contributed by atoms with Crippen molar-refractivity contribution in [1.29, 1.82) is 0 Å². The van der Waals surface area contributed by atoms with Gasteiger partial charge in [0.25, 0.3) is 0 Å². The minimum absolute atomic E-state index is 0. The number of nitrogens with zero attached hydrogens (tertiary/aromatic N) is 4. The summed E-state index contributed by atoms with van der Waals surface area (Å²) in [6.07, 6.45) is 0. The van der Waals surface area contributed by atoms with Gasteiger partial charge in [-0.25, -0.2) is 0 Å². The van der Waals surface area contributed by atoms with Gasteiger partial charge in [-0.15, -0.1) is 0 Å². The molecule has 0 N–H and O–H groups in total. The fourth-order valence-electron chi connectivity index (χ4n) is 0.894. The Labute approximate surface area is 154 Å². The Hall–Kier alpha value is 0.710. The summed E-state index contributed by atoms with van der Waals surface area (Å²) in [4.78, 5) is 0. The second-order valence-corrected chi connectivity index (χ2v) is 3.42. The molecule has 5 heteroatoms. The van der Waals surface area contributed by atoms with Crippen molar-refractivity contribution in [2.24, 2.45) is 0 Å². The van der Waals surface area contributed by atoms with Crippen LogP contribution in [0.4, 0.5) is 0 Å². The van der Waals surface area contributed by atoms with Crippen LogP contribution in [0.3, 0.4) is 0 Å². The molecule has 0 fully saturated rings. The van der Waals surface area contributed by atoms with Gasteiger partial charge in [-0.3, -0.25) is 0 Å². The predicted octanol–water partition coefficient (Wildman–Crippen LogP) is 5.60. The van der Waals surface area contributed by atoms with Gasteiger partial charge in [0, 0.05) is 0 Å². The molecule has 0 aromatic carbocycles. The molecule has 0 aliphatic heterocycles. The van der Waals surface area contributed by atoms with Crippen LogP contribution in [0.15, 0.2) is 0 Å². The quantitative estimate of drug-likeness (QED) is 0.418. The Bertz CT molecular complexity index is 74.3. The van der Waals surface area contributed by atoms with Crippen molar-refractivity contribution in [3.8, 4) is 0 Å². The maximum Gasteiger partial charge on any atom is 4.00 e. The molecule has 0 aromatic heterocycles. The van der Waals surface area contributed by atoms with Crippen LogP contribution in [-0.2, 0) is 25.8 Å². The topological polar surface area (TPSA) is 56.4 Å². The van der Waals surface area contributed by atoms with Crippen LogP contribution < -0.4 is 0 Å². The Morgan fingerprint density at radius 1 is 0.333 bits per heavy atom. The van der Waals surface area contributed by atoms with Crippen molar-refractivity contribution in [2.45, 2.75) is 55.4 Å². The largest absolute Gasteiger partial charge is 4.00 e. The number of rotatable bonds is 8. The molecule has 128 valence electrons. The van der Waals surface area contributed by atoms with Gasteiger partial charge in [0.1, 0.15) is 0 Å². The molecule has 0 heterocycles. The normalized spacial score (nSPS) is 8.00. The van der Waals surface area contributed by atoms with Crippen molar-refractivity contribution in [2.75, 3.05) is 52.4 Å². The predicted molar refractivity (Wildman–Crippen MR) is 97.8 cm³/mol. The van der Waals surface area contributed by atoms with E-state index in [1.807, 2.05) is 55.4 Å². The molecule has 0 radical (unpaired) electrons. The molecular weight excluding hydrogens is 427 g/mol. The second kappa shape index (κ2) is 49.8. The summed E-state index contributed by atoms with van der Waals surface area (Å²) in [5.74, 6) is 0. The van der Waals surface area contributed by atoms with E-state index >= 15 is 0 Å². The van der Waals surface area contributed by atoms with E-state index in [0.29, 0.717) is 0 Å². The fraction of sp³-hybridized carbons (Fsp3) is 1.00. The van der Waals surface area contributed by atoms with Crippen LogP contribution in [0.2, 0.25) is 0 Å². The summed E-state index contributed by atoms with van der Waals surface area (Å²) >= 11 is 0. The smallest absolute Gasteiger partial charge is 0.663 e. The first-order valence-electron chi connectivity index (χ1n) is 8.19. The summed E-state index contributed by atoms with van der Waals surface area (Å²) in [5.41, 5.74) is 0. The molecule has 0 spiro atoms. The monoisotopic (exact) mass is 468 g/mol. The molecule has 0 bridgehead atoms. The summed E-state index contributed by atoms with van der Waals surface area (Å²) in [5, 5.41) is 15.9. The van der Waals surface area contributed by atoms with Gasteiger partial charge in [-0.05, 0) is 0 Å². The zero-order chi connectivity index (χ0) is 16.5. The van der Waals surface area contributed by atoms with Gasteiger partial charge >= 0.3 is 25.8 Å². The van der Waals surface area contributed by atoms with Crippen LogP contribution in [0.5, 0.6) is 0 Å². The van der Waals surface area contributed by atoms with E-state index in [4.69, 9.17) is 0 Å². The summed E-state index contributed by atoms with van der Waals surface area (Å²) in [6.45, 7) is 24.1. The van der Waals surface area contributed by atoms with E-state index in [-0.39, 0.29) is 25.8 Å². The van der Waals surface area contributed by atoms with E-state index in [9.17, 15) is 0 Å². The Balaban J connectivity index is -0.0000000533. The van der Waals surface area contributed by atoms with E-state index in [1.54, 1.807) is 0 Å². The SMILES string of the molecule is CC[N-]CC.CC[N-]CC.CC[N-]CC.CC[N-]CC.[Hf+4]. The van der Waals surface area contributed by atoms with Crippen LogP contribution in [-0.4, -0.2) is 52.4 Å². The van der Waals surface area contributed by atoms with Crippen molar-refractivity contribution in [3.63, 3.8) is 0 Å². The maximum atomic E-state index is 3.97. The zero-order valence-corrected chi connectivity index (χ0v) is 19.5. The fourth-order valence-corrected chi connectivity index (χ4v) is 0.894. The molecule has 0 aromatic rings. The van der Waals surface area contributed by atoms with Crippen LogP contribution in [0.1, 0.15) is 55.4 Å². The second-order valence-electron chi connectivity index (χ2n) is 3.42. The first-order chi connectivity index (χ1) is 9.66. The molecule has 0 aliphatic rings. The van der Waals surface area contributed by atoms with Crippen molar-refractivity contribution >= 4 is 0 Å². The van der Waals surface area contributed by atoms with Crippen molar-refractivity contribution < 1.29 is 25.8 Å². The van der Waals surface area contributed by atoms with Crippen LogP contribution in [0.25, 0.3) is 21.3 Å². The molecule has 21 heavy (non-hydrogen) atoms. The third-order valence-corrected chi connectivity index (χ3v) is 1.79. The van der Waals surface area contributed by atoms with E-state index in [2.05, 4.69) is 21.3 Å². The standard InChI is InChI=1S/4C4H10N.Hf/c4*1-3-5-4-2;/h4*3-4H2,1-2H3;/q4*-1;+4. The van der Waals surface area contributed by atoms with Gasteiger partial charge in [0.05, 0.1) is 0 Å². The van der Waals surface area contributed by atoms with Crippen LogP contribution in [0, 0.1) is 0 Å². The third-order valence-electron chi connectivity index (χ3n) is 1.79. The molecule has 4 nitrogen and oxygen atoms in total. The Morgan fingerprint density at radius 3 is 0.429 bits per heavy atom. The number of hydrogen-bond acceptors (Lipinski definition) is 0. The van der Waals surface area contributed by atoms with E-state index < -0.39 is 0 Å². The molecule has 0 aliphatic carbocycles. The molecule has 0 unspecified atom stereocenters. The Morgan fingerprint density at radius 2 is 0.429 bits per heavy atom. The summed E-state index contributed by atoms with van der Waals surface area (Å²) < 4.78 is 0. The van der Waals surface area contributed by atoms with Gasteiger partial charge < -0.3 is 21.3 Å². The van der Waals surface area contributed by atoms with E-state index in [1.165, 1.54) is 0 Å². The van der Waals surface area contributed by atoms with Gasteiger partial charge in [0.15, 0.2) is 0 Å². The van der Waals surface area contributed by atoms with Crippen molar-refractivity contribution in [3.05, 3.63) is 21.3 Å². The first kappa shape index (κ1) is 33.3. The van der Waals surface area contributed by atoms with Crippen molar-refractivity contribution in [1.82, 2.24) is 0 Å². The zero-order valence-electron chi connectivity index (χ0n) is 15.9. The van der Waals surface area contributed by atoms with Gasteiger partial charge in [0.2, 0.25) is 0 Å². The minimum Gasteiger partial charge on any atom is -0.663 e. The third kappa shape index (κ3) is 95.6. The average Bonchev–Trinajstić information content (AvgIpc) is 2.44. The molecule has 0 atom stereocenters. The Kier molecular flexibility index (Phi) is 79.1. The maximum absolute atomic E-state index is 3.97. The van der Waals surface area contributed by atoms with E-state index in [0.717, 1.165) is 52.4 Å². The minimum atomic E-state index is 0. The molecular formula is C16H40HfN4.